The first-order valence-electron chi connectivity index (χ1n) is 6.57. The lowest BCUT2D eigenvalue weighted by Crippen LogP contribution is -2.28. The number of rotatable bonds is 7. The van der Waals surface area contributed by atoms with Gasteiger partial charge in [0.25, 0.3) is 0 Å². The largest absolute Gasteiger partial charge is 0.368 e. The van der Waals surface area contributed by atoms with Crippen molar-refractivity contribution >= 4 is 43.3 Å². The summed E-state index contributed by atoms with van der Waals surface area (Å²) in [6, 6.07) is 1.93. The van der Waals surface area contributed by atoms with Crippen LogP contribution in [0.5, 0.6) is 0 Å². The summed E-state index contributed by atoms with van der Waals surface area (Å²) < 4.78 is 24.7. The van der Waals surface area contributed by atoms with E-state index in [1.54, 1.807) is 0 Å². The highest BCUT2D eigenvalue weighted by Crippen LogP contribution is 2.26. The van der Waals surface area contributed by atoms with Gasteiger partial charge in [-0.1, -0.05) is 0 Å². The third kappa shape index (κ3) is 3.80. The van der Waals surface area contributed by atoms with Crippen molar-refractivity contribution in [1.82, 2.24) is 14.3 Å². The standard InChI is InChI=1S/C12H19N5O2S2/c1-4-13-12-15-10(9-5-7-20-11(9)16-12)14-6-8-21(18,19)17(2)3/h5,7H,4,6,8H2,1-3H3,(H2,13,14,15,16). The highest BCUT2D eigenvalue weighted by Gasteiger charge is 2.14. The number of nitrogens with one attached hydrogen (secondary N) is 2. The third-order valence-corrected chi connectivity index (χ3v) is 5.51. The predicted octanol–water partition coefficient (Wildman–Crippen LogP) is 1.43. The normalized spacial score (nSPS) is 12.0. The van der Waals surface area contributed by atoms with Crippen LogP contribution in [0.3, 0.4) is 0 Å². The molecule has 0 bridgehead atoms. The van der Waals surface area contributed by atoms with E-state index < -0.39 is 10.0 Å². The van der Waals surface area contributed by atoms with Crippen molar-refractivity contribution in [3.63, 3.8) is 0 Å². The topological polar surface area (TPSA) is 87.2 Å². The SMILES string of the molecule is CCNc1nc(NCCS(=O)(=O)N(C)C)c2ccsc2n1. The molecule has 7 nitrogen and oxygen atoms in total. The maximum absolute atomic E-state index is 11.7. The van der Waals surface area contributed by atoms with Crippen LogP contribution >= 0.6 is 11.3 Å². The predicted molar refractivity (Wildman–Crippen MR) is 87.5 cm³/mol. The van der Waals surface area contributed by atoms with Crippen LogP contribution in [0.15, 0.2) is 11.4 Å². The number of thiophene rings is 1. The summed E-state index contributed by atoms with van der Waals surface area (Å²) in [4.78, 5) is 9.67. The summed E-state index contributed by atoms with van der Waals surface area (Å²) in [7, 11) is -0.158. The molecule has 2 aromatic heterocycles. The van der Waals surface area contributed by atoms with E-state index in [-0.39, 0.29) is 5.75 Å². The van der Waals surface area contributed by atoms with Gasteiger partial charge in [0.05, 0.1) is 11.1 Å². The molecule has 2 heterocycles. The lowest BCUT2D eigenvalue weighted by Gasteiger charge is -2.12. The first kappa shape index (κ1) is 15.9. The molecule has 116 valence electrons. The first-order valence-corrected chi connectivity index (χ1v) is 9.06. The smallest absolute Gasteiger partial charge is 0.226 e. The summed E-state index contributed by atoms with van der Waals surface area (Å²) in [5, 5.41) is 9.01. The molecule has 0 saturated carbocycles. The van der Waals surface area contributed by atoms with Crippen LogP contribution in [0.25, 0.3) is 10.2 Å². The maximum atomic E-state index is 11.7. The number of aromatic nitrogens is 2. The van der Waals surface area contributed by atoms with Crippen LogP contribution < -0.4 is 10.6 Å². The molecular formula is C12H19N5O2S2. The van der Waals surface area contributed by atoms with Crippen molar-refractivity contribution in [2.24, 2.45) is 0 Å². The monoisotopic (exact) mass is 329 g/mol. The number of nitrogens with zero attached hydrogens (tertiary/aromatic N) is 3. The van der Waals surface area contributed by atoms with Gasteiger partial charge in [-0.15, -0.1) is 11.3 Å². The van der Waals surface area contributed by atoms with Crippen molar-refractivity contribution in [2.75, 3.05) is 43.6 Å². The van der Waals surface area contributed by atoms with E-state index >= 15 is 0 Å². The fourth-order valence-corrected chi connectivity index (χ4v) is 3.20. The molecule has 2 rings (SSSR count). The van der Waals surface area contributed by atoms with E-state index in [0.717, 1.165) is 16.8 Å². The Morgan fingerprint density at radius 3 is 2.71 bits per heavy atom. The van der Waals surface area contributed by atoms with Crippen molar-refractivity contribution in [3.8, 4) is 0 Å². The number of fused-ring (bicyclic) bond motifs is 1. The summed E-state index contributed by atoms with van der Waals surface area (Å²) in [5.41, 5.74) is 0. The summed E-state index contributed by atoms with van der Waals surface area (Å²) in [6.45, 7) is 3.00. The summed E-state index contributed by atoms with van der Waals surface area (Å²) in [6.07, 6.45) is 0. The first-order chi connectivity index (χ1) is 9.94. The Morgan fingerprint density at radius 1 is 1.29 bits per heavy atom. The Kier molecular flexibility index (Phi) is 4.96. The van der Waals surface area contributed by atoms with Crippen molar-refractivity contribution in [2.45, 2.75) is 6.92 Å². The summed E-state index contributed by atoms with van der Waals surface area (Å²) in [5.74, 6) is 1.23. The Labute approximate surface area is 128 Å². The van der Waals surface area contributed by atoms with Crippen molar-refractivity contribution in [3.05, 3.63) is 11.4 Å². The van der Waals surface area contributed by atoms with Gasteiger partial charge < -0.3 is 10.6 Å². The van der Waals surface area contributed by atoms with Crippen LogP contribution in [-0.2, 0) is 10.0 Å². The van der Waals surface area contributed by atoms with Gasteiger partial charge in [-0.2, -0.15) is 4.98 Å². The Bertz CT molecular complexity index is 712. The molecule has 9 heteroatoms. The maximum Gasteiger partial charge on any atom is 0.226 e. The van der Waals surface area contributed by atoms with Crippen LogP contribution in [0.4, 0.5) is 11.8 Å². The van der Waals surface area contributed by atoms with Gasteiger partial charge in [-0.3, -0.25) is 0 Å². The van der Waals surface area contributed by atoms with E-state index in [4.69, 9.17) is 0 Å². The van der Waals surface area contributed by atoms with E-state index in [0.29, 0.717) is 18.3 Å². The van der Waals surface area contributed by atoms with E-state index in [9.17, 15) is 8.42 Å². The van der Waals surface area contributed by atoms with E-state index in [2.05, 4.69) is 20.6 Å². The van der Waals surface area contributed by atoms with Gasteiger partial charge in [0.2, 0.25) is 16.0 Å². The molecule has 0 aliphatic carbocycles. The fourth-order valence-electron chi connectivity index (χ4n) is 1.71. The number of hydrogen-bond acceptors (Lipinski definition) is 7. The van der Waals surface area contributed by atoms with Crippen molar-refractivity contribution < 1.29 is 8.42 Å². The molecule has 0 unspecified atom stereocenters. The van der Waals surface area contributed by atoms with Crippen molar-refractivity contribution in [1.29, 1.82) is 0 Å². The van der Waals surface area contributed by atoms with Crippen LogP contribution in [-0.4, -0.2) is 55.6 Å². The van der Waals surface area contributed by atoms with Gasteiger partial charge in [-0.05, 0) is 18.4 Å². The van der Waals surface area contributed by atoms with Gasteiger partial charge in [0, 0.05) is 27.2 Å². The third-order valence-electron chi connectivity index (χ3n) is 2.87. The number of anilines is 2. The molecule has 0 saturated heterocycles. The lowest BCUT2D eigenvalue weighted by atomic mass is 10.4. The minimum atomic E-state index is -3.21. The van der Waals surface area contributed by atoms with Gasteiger partial charge in [-0.25, -0.2) is 17.7 Å². The lowest BCUT2D eigenvalue weighted by molar-refractivity contribution is 0.521. The molecule has 0 aliphatic heterocycles. The minimum Gasteiger partial charge on any atom is -0.368 e. The second kappa shape index (κ2) is 6.54. The molecule has 2 aromatic rings. The van der Waals surface area contributed by atoms with Gasteiger partial charge in [0.15, 0.2) is 0 Å². The zero-order valence-corrected chi connectivity index (χ0v) is 13.9. The molecule has 0 aliphatic rings. The quantitative estimate of drug-likeness (QED) is 0.799. The average molecular weight is 329 g/mol. The molecule has 0 aromatic carbocycles. The summed E-state index contributed by atoms with van der Waals surface area (Å²) >= 11 is 1.53. The number of sulfonamides is 1. The Hall–Kier alpha value is -1.45. The molecule has 0 fully saturated rings. The minimum absolute atomic E-state index is 0.0200. The second-order valence-electron chi connectivity index (χ2n) is 4.59. The number of hydrogen-bond donors (Lipinski definition) is 2. The molecule has 21 heavy (non-hydrogen) atoms. The van der Waals surface area contributed by atoms with Crippen LogP contribution in [0.1, 0.15) is 6.92 Å². The van der Waals surface area contributed by atoms with Crippen LogP contribution in [0, 0.1) is 0 Å². The Balaban J connectivity index is 2.16. The Morgan fingerprint density at radius 2 is 2.05 bits per heavy atom. The molecule has 0 amide bonds. The van der Waals surface area contributed by atoms with Crippen LogP contribution in [0.2, 0.25) is 0 Å². The average Bonchev–Trinajstić information content (AvgIpc) is 2.87. The zero-order valence-electron chi connectivity index (χ0n) is 12.3. The van der Waals surface area contributed by atoms with Gasteiger partial charge >= 0.3 is 0 Å². The molecule has 0 atom stereocenters. The van der Waals surface area contributed by atoms with E-state index in [1.807, 2.05) is 18.4 Å². The highest BCUT2D eigenvalue weighted by atomic mass is 32.2. The van der Waals surface area contributed by atoms with E-state index in [1.165, 1.54) is 29.7 Å². The highest BCUT2D eigenvalue weighted by molar-refractivity contribution is 7.89. The molecule has 2 N–H and O–H groups in total. The molecule has 0 spiro atoms. The second-order valence-corrected chi connectivity index (χ2v) is 7.79. The zero-order chi connectivity index (χ0) is 15.5. The molecule has 0 radical (unpaired) electrons. The van der Waals surface area contributed by atoms with Gasteiger partial charge in [0.1, 0.15) is 10.6 Å². The fraction of sp³-hybridized carbons (Fsp3) is 0.500. The molecular weight excluding hydrogens is 310 g/mol.